The SMILES string of the molecule is Cc1cc(C)c2cc([C@@H]3CCN(C[C@H](O)COc4cccc5[nH]c(C)cc45)[C@@H](C)C3)sc2c1.O=C(O)C(=O)O. The fourth-order valence-corrected chi connectivity index (χ4v) is 6.75. The number of aliphatic hydroxyl groups excluding tert-OH is 1. The molecule has 0 aliphatic carbocycles. The van der Waals surface area contributed by atoms with E-state index in [1.165, 1.54) is 26.1 Å². The summed E-state index contributed by atoms with van der Waals surface area (Å²) in [6.07, 6.45) is 1.78. The molecule has 4 N–H and O–H groups in total. The van der Waals surface area contributed by atoms with Gasteiger partial charge >= 0.3 is 11.9 Å². The number of piperidine rings is 1. The zero-order valence-corrected chi connectivity index (χ0v) is 23.5. The van der Waals surface area contributed by atoms with Gasteiger partial charge in [-0.2, -0.15) is 0 Å². The maximum absolute atomic E-state index is 10.7. The van der Waals surface area contributed by atoms with E-state index < -0.39 is 18.0 Å². The van der Waals surface area contributed by atoms with Crippen molar-refractivity contribution in [2.45, 2.75) is 58.6 Å². The van der Waals surface area contributed by atoms with Crippen LogP contribution in [0.5, 0.6) is 5.75 Å². The zero-order valence-electron chi connectivity index (χ0n) is 22.7. The first-order valence-corrected chi connectivity index (χ1v) is 13.9. The van der Waals surface area contributed by atoms with Gasteiger partial charge in [0.1, 0.15) is 18.5 Å². The number of thiophene rings is 1. The summed E-state index contributed by atoms with van der Waals surface area (Å²) in [7, 11) is 0. The van der Waals surface area contributed by atoms with E-state index in [0.29, 0.717) is 25.1 Å². The smallest absolute Gasteiger partial charge is 0.414 e. The molecular weight excluding hydrogens is 516 g/mol. The van der Waals surface area contributed by atoms with Crippen molar-refractivity contribution in [1.29, 1.82) is 0 Å². The Kier molecular flexibility index (Phi) is 8.94. The average Bonchev–Trinajstić information content (AvgIpc) is 3.47. The molecule has 2 aromatic heterocycles. The zero-order chi connectivity index (χ0) is 28.3. The second-order valence-corrected chi connectivity index (χ2v) is 11.6. The number of fused-ring (bicyclic) bond motifs is 2. The minimum Gasteiger partial charge on any atom is -0.490 e. The quantitative estimate of drug-likeness (QED) is 0.234. The number of aromatic amines is 1. The van der Waals surface area contributed by atoms with Gasteiger partial charge in [-0.3, -0.25) is 4.90 Å². The summed E-state index contributed by atoms with van der Waals surface area (Å²) >= 11 is 1.97. The molecule has 1 aliphatic rings. The largest absolute Gasteiger partial charge is 0.490 e. The Morgan fingerprint density at radius 1 is 1.10 bits per heavy atom. The third kappa shape index (κ3) is 6.98. The number of aryl methyl sites for hydroxylation is 3. The molecule has 0 radical (unpaired) electrons. The van der Waals surface area contributed by atoms with E-state index in [-0.39, 0.29) is 0 Å². The van der Waals surface area contributed by atoms with E-state index >= 15 is 0 Å². The molecule has 0 amide bonds. The van der Waals surface area contributed by atoms with Gasteiger partial charge in [0.15, 0.2) is 0 Å². The van der Waals surface area contributed by atoms with Crippen molar-refractivity contribution in [3.8, 4) is 5.75 Å². The molecule has 9 heteroatoms. The van der Waals surface area contributed by atoms with Crippen LogP contribution in [-0.2, 0) is 9.59 Å². The highest BCUT2D eigenvalue weighted by Crippen LogP contribution is 2.39. The van der Waals surface area contributed by atoms with E-state index in [1.807, 2.05) is 30.4 Å². The average molecular weight is 553 g/mol. The van der Waals surface area contributed by atoms with Crippen LogP contribution in [0.15, 0.2) is 42.5 Å². The summed E-state index contributed by atoms with van der Waals surface area (Å²) < 4.78 is 7.44. The van der Waals surface area contributed by atoms with Gasteiger partial charge in [0.2, 0.25) is 0 Å². The first-order valence-electron chi connectivity index (χ1n) is 13.1. The summed E-state index contributed by atoms with van der Waals surface area (Å²) in [6.45, 7) is 10.7. The number of nitrogens with one attached hydrogen (secondary N) is 1. The molecule has 2 aromatic carbocycles. The maximum Gasteiger partial charge on any atom is 0.414 e. The molecule has 0 spiro atoms. The van der Waals surface area contributed by atoms with Crippen molar-refractivity contribution in [1.82, 2.24) is 9.88 Å². The third-order valence-corrected chi connectivity index (χ3v) is 8.49. The lowest BCUT2D eigenvalue weighted by molar-refractivity contribution is -0.159. The number of benzene rings is 2. The molecule has 3 atom stereocenters. The fourth-order valence-electron chi connectivity index (χ4n) is 5.36. The third-order valence-electron chi connectivity index (χ3n) is 7.24. The Morgan fingerprint density at radius 2 is 1.85 bits per heavy atom. The Bertz CT molecular complexity index is 1460. The molecule has 5 rings (SSSR count). The summed E-state index contributed by atoms with van der Waals surface area (Å²) in [4.78, 5) is 25.5. The fraction of sp³-hybridized carbons (Fsp3) is 0.400. The second-order valence-electron chi connectivity index (χ2n) is 10.5. The van der Waals surface area contributed by atoms with Gasteiger partial charge in [-0.1, -0.05) is 12.1 Å². The van der Waals surface area contributed by atoms with Crippen LogP contribution in [0.4, 0.5) is 0 Å². The van der Waals surface area contributed by atoms with E-state index in [2.05, 4.69) is 61.0 Å². The van der Waals surface area contributed by atoms with Crippen LogP contribution in [0, 0.1) is 20.8 Å². The molecule has 208 valence electrons. The predicted octanol–water partition coefficient (Wildman–Crippen LogP) is 5.47. The van der Waals surface area contributed by atoms with Crippen molar-refractivity contribution < 1.29 is 29.6 Å². The Hall–Kier alpha value is -3.40. The van der Waals surface area contributed by atoms with Crippen LogP contribution >= 0.6 is 11.3 Å². The van der Waals surface area contributed by atoms with Crippen molar-refractivity contribution in [3.05, 3.63) is 64.2 Å². The van der Waals surface area contributed by atoms with Crippen molar-refractivity contribution in [2.75, 3.05) is 19.7 Å². The highest BCUT2D eigenvalue weighted by molar-refractivity contribution is 7.19. The molecule has 4 aromatic rings. The van der Waals surface area contributed by atoms with Crippen molar-refractivity contribution >= 4 is 44.3 Å². The number of hydrogen-bond donors (Lipinski definition) is 4. The number of β-amino-alcohol motifs (C(OH)–C–C–N with tert-alkyl or cyclic N) is 1. The molecule has 1 fully saturated rings. The van der Waals surface area contributed by atoms with Crippen molar-refractivity contribution in [3.63, 3.8) is 0 Å². The normalized spacial score (nSPS) is 18.5. The van der Waals surface area contributed by atoms with Gasteiger partial charge in [-0.05, 0) is 99.8 Å². The minimum absolute atomic E-state index is 0.310. The number of aromatic nitrogens is 1. The second kappa shape index (κ2) is 12.2. The number of carboxylic acids is 2. The first kappa shape index (κ1) is 28.6. The van der Waals surface area contributed by atoms with Crippen LogP contribution in [0.3, 0.4) is 0 Å². The summed E-state index contributed by atoms with van der Waals surface area (Å²) in [5.41, 5.74) is 4.91. The maximum atomic E-state index is 10.7. The highest BCUT2D eigenvalue weighted by Gasteiger charge is 2.29. The minimum atomic E-state index is -1.82. The standard InChI is InChI=1S/C28H34N2O2S.C2H2O4/c1-17-10-18(2)23-14-27(33-28(23)11-17)21-8-9-30(20(4)13-21)15-22(31)16-32-26-7-5-6-25-24(26)12-19(3)29-25;3-1(4)2(5)6/h5-7,10-12,14,20-22,29,31H,8-9,13,15-16H2,1-4H3;(H,3,4)(H,5,6)/t20-,21+,22-;/m0./s1. The topological polar surface area (TPSA) is 123 Å². The Labute approximate surface area is 231 Å². The molecule has 3 heterocycles. The van der Waals surface area contributed by atoms with Gasteiger partial charge in [-0.15, -0.1) is 11.3 Å². The van der Waals surface area contributed by atoms with Crippen LogP contribution in [0.2, 0.25) is 0 Å². The monoisotopic (exact) mass is 552 g/mol. The van der Waals surface area contributed by atoms with E-state index in [0.717, 1.165) is 41.7 Å². The molecular formula is C30H36N2O6S. The lowest BCUT2D eigenvalue weighted by Crippen LogP contribution is -2.45. The lowest BCUT2D eigenvalue weighted by atomic mass is 9.89. The molecule has 1 aliphatic heterocycles. The number of hydrogen-bond acceptors (Lipinski definition) is 6. The molecule has 0 unspecified atom stereocenters. The molecule has 0 saturated carbocycles. The Balaban J connectivity index is 0.000000531. The number of carboxylic acid groups (broad SMARTS) is 2. The number of aliphatic carboxylic acids is 2. The number of H-pyrrole nitrogens is 1. The molecule has 0 bridgehead atoms. The molecule has 1 saturated heterocycles. The van der Waals surface area contributed by atoms with Crippen LogP contribution in [0.1, 0.15) is 47.4 Å². The number of rotatable bonds is 6. The van der Waals surface area contributed by atoms with Crippen LogP contribution in [0.25, 0.3) is 21.0 Å². The summed E-state index contributed by atoms with van der Waals surface area (Å²) in [5, 5.41) is 28.0. The predicted molar refractivity (Wildman–Crippen MR) is 154 cm³/mol. The molecule has 39 heavy (non-hydrogen) atoms. The van der Waals surface area contributed by atoms with Crippen LogP contribution < -0.4 is 4.74 Å². The number of nitrogens with zero attached hydrogens (tertiary/aromatic N) is 1. The number of ether oxygens (including phenoxy) is 1. The van der Waals surface area contributed by atoms with Crippen LogP contribution in [-0.4, -0.2) is 69.0 Å². The summed E-state index contributed by atoms with van der Waals surface area (Å²) in [6, 6.07) is 15.6. The van der Waals surface area contributed by atoms with Gasteiger partial charge < -0.3 is 25.0 Å². The van der Waals surface area contributed by atoms with E-state index in [1.54, 1.807) is 0 Å². The van der Waals surface area contributed by atoms with E-state index in [4.69, 9.17) is 24.5 Å². The number of carbonyl (C=O) groups is 2. The van der Waals surface area contributed by atoms with Gasteiger partial charge in [0, 0.05) is 38.8 Å². The van der Waals surface area contributed by atoms with Gasteiger partial charge in [0.25, 0.3) is 0 Å². The van der Waals surface area contributed by atoms with Gasteiger partial charge in [0.05, 0.1) is 0 Å². The number of aliphatic hydroxyl groups is 1. The van der Waals surface area contributed by atoms with Gasteiger partial charge in [-0.25, -0.2) is 9.59 Å². The summed E-state index contributed by atoms with van der Waals surface area (Å²) in [5.74, 6) is -2.21. The highest BCUT2D eigenvalue weighted by atomic mass is 32.1. The lowest BCUT2D eigenvalue weighted by Gasteiger charge is -2.38. The van der Waals surface area contributed by atoms with E-state index in [9.17, 15) is 5.11 Å². The van der Waals surface area contributed by atoms with Crippen molar-refractivity contribution in [2.24, 2.45) is 0 Å². The number of likely N-dealkylation sites (tertiary alicyclic amines) is 1. The molecule has 8 nitrogen and oxygen atoms in total. The Morgan fingerprint density at radius 3 is 2.54 bits per heavy atom. The first-order chi connectivity index (χ1) is 18.5.